The number of amides is 2. The summed E-state index contributed by atoms with van der Waals surface area (Å²) in [6, 6.07) is 9.69. The first-order valence-electron chi connectivity index (χ1n) is 5.68. The second-order valence-electron chi connectivity index (χ2n) is 3.87. The highest BCUT2D eigenvalue weighted by Gasteiger charge is 2.10. The van der Waals surface area contributed by atoms with Gasteiger partial charge >= 0.3 is 0 Å². The van der Waals surface area contributed by atoms with Gasteiger partial charge in [0.25, 0.3) is 0 Å². The molecule has 2 N–H and O–H groups in total. The molecule has 0 saturated carbocycles. The molecule has 1 aromatic rings. The van der Waals surface area contributed by atoms with Gasteiger partial charge in [-0.1, -0.05) is 30.3 Å². The van der Waals surface area contributed by atoms with Gasteiger partial charge in [0.1, 0.15) is 0 Å². The maximum Gasteiger partial charge on any atom is 0.220 e. The van der Waals surface area contributed by atoms with E-state index in [1.54, 1.807) is 7.05 Å². The van der Waals surface area contributed by atoms with E-state index in [1.807, 2.05) is 37.3 Å². The summed E-state index contributed by atoms with van der Waals surface area (Å²) in [6.07, 6.45) is 0.445. The van der Waals surface area contributed by atoms with Gasteiger partial charge in [-0.15, -0.1) is 0 Å². The van der Waals surface area contributed by atoms with Crippen molar-refractivity contribution in [2.24, 2.45) is 0 Å². The fourth-order valence-corrected chi connectivity index (χ4v) is 1.49. The zero-order valence-electron chi connectivity index (χ0n) is 10.2. The van der Waals surface area contributed by atoms with E-state index < -0.39 is 0 Å². The molecule has 0 spiro atoms. The first-order valence-corrected chi connectivity index (χ1v) is 5.68. The molecule has 0 aliphatic rings. The van der Waals surface area contributed by atoms with Crippen LogP contribution in [-0.4, -0.2) is 18.9 Å². The van der Waals surface area contributed by atoms with E-state index in [0.717, 1.165) is 5.56 Å². The molecule has 0 aliphatic carbocycles. The van der Waals surface area contributed by atoms with Crippen LogP contribution in [0.3, 0.4) is 0 Å². The lowest BCUT2D eigenvalue weighted by atomic mass is 10.1. The Hall–Kier alpha value is -1.84. The molecular weight excluding hydrogens is 216 g/mol. The third-order valence-corrected chi connectivity index (χ3v) is 2.54. The molecule has 0 aromatic heterocycles. The molecule has 0 saturated heterocycles. The largest absolute Gasteiger partial charge is 0.359 e. The molecule has 2 amide bonds. The zero-order chi connectivity index (χ0) is 12.7. The van der Waals surface area contributed by atoms with E-state index >= 15 is 0 Å². The van der Waals surface area contributed by atoms with Crippen molar-refractivity contribution < 1.29 is 9.59 Å². The number of nitrogens with one attached hydrogen (secondary N) is 2. The minimum atomic E-state index is -0.118. The maximum absolute atomic E-state index is 11.6. The van der Waals surface area contributed by atoms with Crippen LogP contribution in [0.5, 0.6) is 0 Å². The van der Waals surface area contributed by atoms with Crippen LogP contribution in [0.15, 0.2) is 30.3 Å². The second-order valence-corrected chi connectivity index (χ2v) is 3.87. The molecule has 0 fully saturated rings. The summed E-state index contributed by atoms with van der Waals surface area (Å²) < 4.78 is 0. The highest BCUT2D eigenvalue weighted by molar-refractivity contribution is 5.83. The summed E-state index contributed by atoms with van der Waals surface area (Å²) in [5.74, 6) is -0.225. The normalized spacial score (nSPS) is 11.6. The van der Waals surface area contributed by atoms with Gasteiger partial charge in [0.2, 0.25) is 11.8 Å². The fourth-order valence-electron chi connectivity index (χ4n) is 1.49. The Labute approximate surface area is 101 Å². The molecule has 1 atom stereocenters. The van der Waals surface area contributed by atoms with E-state index in [2.05, 4.69) is 10.6 Å². The van der Waals surface area contributed by atoms with Crippen molar-refractivity contribution in [2.45, 2.75) is 25.8 Å². The Bertz CT molecular complexity index is 376. The summed E-state index contributed by atoms with van der Waals surface area (Å²) in [7, 11) is 1.56. The molecule has 4 nitrogen and oxygen atoms in total. The Morgan fingerprint density at radius 2 is 1.71 bits per heavy atom. The Morgan fingerprint density at radius 3 is 2.29 bits per heavy atom. The van der Waals surface area contributed by atoms with Gasteiger partial charge in [-0.05, 0) is 12.5 Å². The standard InChI is InChI=1S/C13H18N2O2/c1-10(11-6-4-3-5-7-11)15-13(17)9-8-12(16)14-2/h3-7,10H,8-9H2,1-2H3,(H,14,16)(H,15,17). The Morgan fingerprint density at radius 1 is 1.12 bits per heavy atom. The van der Waals surface area contributed by atoms with Crippen molar-refractivity contribution in [3.63, 3.8) is 0 Å². The van der Waals surface area contributed by atoms with E-state index in [9.17, 15) is 9.59 Å². The van der Waals surface area contributed by atoms with Gasteiger partial charge in [-0.3, -0.25) is 9.59 Å². The maximum atomic E-state index is 11.6. The summed E-state index contributed by atoms with van der Waals surface area (Å²) in [4.78, 5) is 22.5. The smallest absolute Gasteiger partial charge is 0.220 e. The summed E-state index contributed by atoms with van der Waals surface area (Å²) in [5.41, 5.74) is 1.06. The van der Waals surface area contributed by atoms with Crippen LogP contribution in [0.4, 0.5) is 0 Å². The molecule has 1 unspecified atom stereocenters. The highest BCUT2D eigenvalue weighted by atomic mass is 16.2. The number of benzene rings is 1. The molecule has 4 heteroatoms. The van der Waals surface area contributed by atoms with Gasteiger partial charge < -0.3 is 10.6 Å². The minimum absolute atomic E-state index is 0.0339. The Kier molecular flexibility index (Phi) is 5.20. The average Bonchev–Trinajstić information content (AvgIpc) is 2.36. The van der Waals surface area contributed by atoms with Gasteiger partial charge in [0.05, 0.1) is 6.04 Å². The van der Waals surface area contributed by atoms with Crippen LogP contribution < -0.4 is 10.6 Å². The van der Waals surface area contributed by atoms with Crippen molar-refractivity contribution in [3.05, 3.63) is 35.9 Å². The lowest BCUT2D eigenvalue weighted by Gasteiger charge is -2.13. The van der Waals surface area contributed by atoms with Gasteiger partial charge in [0, 0.05) is 19.9 Å². The number of carbonyl (C=O) groups is 2. The summed E-state index contributed by atoms with van der Waals surface area (Å²) in [6.45, 7) is 1.92. The van der Waals surface area contributed by atoms with E-state index in [1.165, 1.54) is 0 Å². The van der Waals surface area contributed by atoms with Crippen LogP contribution in [-0.2, 0) is 9.59 Å². The third-order valence-electron chi connectivity index (χ3n) is 2.54. The zero-order valence-corrected chi connectivity index (χ0v) is 10.2. The topological polar surface area (TPSA) is 58.2 Å². The summed E-state index contributed by atoms with van der Waals surface area (Å²) >= 11 is 0. The van der Waals surface area contributed by atoms with Crippen LogP contribution in [0.25, 0.3) is 0 Å². The molecule has 92 valence electrons. The fraction of sp³-hybridized carbons (Fsp3) is 0.385. The van der Waals surface area contributed by atoms with Crippen molar-refractivity contribution in [1.82, 2.24) is 10.6 Å². The van der Waals surface area contributed by atoms with Gasteiger partial charge in [-0.25, -0.2) is 0 Å². The number of hydrogen-bond acceptors (Lipinski definition) is 2. The van der Waals surface area contributed by atoms with E-state index in [0.29, 0.717) is 0 Å². The number of rotatable bonds is 5. The molecule has 0 aliphatic heterocycles. The highest BCUT2D eigenvalue weighted by Crippen LogP contribution is 2.11. The van der Waals surface area contributed by atoms with Crippen molar-refractivity contribution >= 4 is 11.8 Å². The van der Waals surface area contributed by atoms with E-state index in [-0.39, 0.29) is 30.7 Å². The predicted octanol–water partition coefficient (Wildman–Crippen LogP) is 1.39. The third kappa shape index (κ3) is 4.68. The second kappa shape index (κ2) is 6.68. The molecule has 0 bridgehead atoms. The van der Waals surface area contributed by atoms with Crippen molar-refractivity contribution in [1.29, 1.82) is 0 Å². The number of hydrogen-bond donors (Lipinski definition) is 2. The number of carbonyl (C=O) groups excluding carboxylic acids is 2. The van der Waals surface area contributed by atoms with Gasteiger partial charge in [0.15, 0.2) is 0 Å². The lowest BCUT2D eigenvalue weighted by Crippen LogP contribution is -2.28. The summed E-state index contributed by atoms with van der Waals surface area (Å²) in [5, 5.41) is 5.34. The average molecular weight is 234 g/mol. The van der Waals surface area contributed by atoms with Crippen LogP contribution in [0.2, 0.25) is 0 Å². The first-order chi connectivity index (χ1) is 8.13. The van der Waals surface area contributed by atoms with Crippen molar-refractivity contribution in [2.75, 3.05) is 7.05 Å². The predicted molar refractivity (Wildman–Crippen MR) is 66.3 cm³/mol. The quantitative estimate of drug-likeness (QED) is 0.809. The molecule has 17 heavy (non-hydrogen) atoms. The molecule has 0 radical (unpaired) electrons. The molecule has 1 aromatic carbocycles. The lowest BCUT2D eigenvalue weighted by molar-refractivity contribution is -0.126. The minimum Gasteiger partial charge on any atom is -0.359 e. The monoisotopic (exact) mass is 234 g/mol. The molecule has 0 heterocycles. The molecule has 1 rings (SSSR count). The van der Waals surface area contributed by atoms with E-state index in [4.69, 9.17) is 0 Å². The SMILES string of the molecule is CNC(=O)CCC(=O)NC(C)c1ccccc1. The van der Waals surface area contributed by atoms with Gasteiger partial charge in [-0.2, -0.15) is 0 Å². The van der Waals surface area contributed by atoms with Crippen LogP contribution in [0, 0.1) is 0 Å². The first kappa shape index (κ1) is 13.2. The Balaban J connectivity index is 2.39. The van der Waals surface area contributed by atoms with Crippen LogP contribution in [0.1, 0.15) is 31.4 Å². The molecular formula is C13H18N2O2. The van der Waals surface area contributed by atoms with Crippen LogP contribution >= 0.6 is 0 Å². The van der Waals surface area contributed by atoms with Crippen molar-refractivity contribution in [3.8, 4) is 0 Å².